The third kappa shape index (κ3) is 6.95. The molecule has 164 valence electrons. The number of aryl methyl sites for hydroxylation is 1. The van der Waals surface area contributed by atoms with E-state index in [-0.39, 0.29) is 18.9 Å². The SMILES string of the molecule is COc1cccc(OCCNC(=O)CCCN(c2cccc(C)c2C)S(C)(=O)=O)c1. The number of carbonyl (C=O) groups excluding carboxylic acids is 1. The first-order chi connectivity index (χ1) is 14.2. The smallest absolute Gasteiger partial charge is 0.232 e. The van der Waals surface area contributed by atoms with Gasteiger partial charge in [-0.2, -0.15) is 0 Å². The lowest BCUT2D eigenvalue weighted by Crippen LogP contribution is -2.33. The Morgan fingerprint density at radius 3 is 2.50 bits per heavy atom. The number of hydrogen-bond donors (Lipinski definition) is 1. The van der Waals surface area contributed by atoms with Gasteiger partial charge in [-0.3, -0.25) is 9.10 Å². The largest absolute Gasteiger partial charge is 0.497 e. The summed E-state index contributed by atoms with van der Waals surface area (Å²) in [4.78, 5) is 12.1. The van der Waals surface area contributed by atoms with E-state index in [1.54, 1.807) is 19.2 Å². The molecule has 2 rings (SSSR count). The zero-order valence-electron chi connectivity index (χ0n) is 18.0. The summed E-state index contributed by atoms with van der Waals surface area (Å²) in [7, 11) is -1.85. The van der Waals surface area contributed by atoms with Gasteiger partial charge in [0.15, 0.2) is 0 Å². The fourth-order valence-corrected chi connectivity index (χ4v) is 4.01. The predicted octanol–water partition coefficient (Wildman–Crippen LogP) is 3.05. The molecule has 8 heteroatoms. The molecule has 0 aliphatic heterocycles. The molecule has 7 nitrogen and oxygen atoms in total. The molecule has 2 aromatic carbocycles. The molecule has 0 aromatic heterocycles. The molecule has 0 aliphatic carbocycles. The minimum absolute atomic E-state index is 0.140. The number of amides is 1. The molecule has 30 heavy (non-hydrogen) atoms. The first kappa shape index (κ1) is 23.5. The molecule has 0 atom stereocenters. The molecule has 0 aliphatic rings. The maximum absolute atomic E-state index is 12.3. The minimum atomic E-state index is -3.44. The Morgan fingerprint density at radius 2 is 1.80 bits per heavy atom. The van der Waals surface area contributed by atoms with E-state index in [1.165, 1.54) is 10.6 Å². The number of nitrogens with zero attached hydrogens (tertiary/aromatic N) is 1. The van der Waals surface area contributed by atoms with E-state index in [2.05, 4.69) is 5.32 Å². The summed E-state index contributed by atoms with van der Waals surface area (Å²) in [5.74, 6) is 1.23. The number of benzene rings is 2. The van der Waals surface area contributed by atoms with E-state index in [9.17, 15) is 13.2 Å². The number of rotatable bonds is 11. The van der Waals surface area contributed by atoms with Gasteiger partial charge in [0.25, 0.3) is 0 Å². The quantitative estimate of drug-likeness (QED) is 0.550. The standard InChI is InChI=1S/C22H30N2O5S/c1-17-8-5-11-21(18(17)2)24(30(4,26)27)14-7-12-22(25)23-13-15-29-20-10-6-9-19(16-20)28-3/h5-6,8-11,16H,7,12-15H2,1-4H3,(H,23,25). The molecule has 0 bridgehead atoms. The molecule has 0 saturated heterocycles. The van der Waals surface area contributed by atoms with Crippen LogP contribution in [0.3, 0.4) is 0 Å². The molecule has 0 heterocycles. The van der Waals surface area contributed by atoms with E-state index in [0.717, 1.165) is 11.1 Å². The second kappa shape index (κ2) is 10.9. The molecule has 2 aromatic rings. The Hall–Kier alpha value is -2.74. The number of anilines is 1. The van der Waals surface area contributed by atoms with Crippen molar-refractivity contribution in [2.75, 3.05) is 37.4 Å². The highest BCUT2D eigenvalue weighted by Gasteiger charge is 2.19. The summed E-state index contributed by atoms with van der Waals surface area (Å²) in [6.07, 6.45) is 1.84. The molecule has 0 unspecified atom stereocenters. The van der Waals surface area contributed by atoms with E-state index in [4.69, 9.17) is 9.47 Å². The fourth-order valence-electron chi connectivity index (χ4n) is 2.99. The number of carbonyl (C=O) groups is 1. The third-order valence-electron chi connectivity index (χ3n) is 4.74. The van der Waals surface area contributed by atoms with Gasteiger partial charge in [-0.15, -0.1) is 0 Å². The van der Waals surface area contributed by atoms with Crippen molar-refractivity contribution in [3.63, 3.8) is 0 Å². The number of ether oxygens (including phenoxy) is 2. The van der Waals surface area contributed by atoms with Gasteiger partial charge >= 0.3 is 0 Å². The van der Waals surface area contributed by atoms with Crippen molar-refractivity contribution in [2.24, 2.45) is 0 Å². The zero-order chi connectivity index (χ0) is 22.1. The summed E-state index contributed by atoms with van der Waals surface area (Å²) >= 11 is 0. The summed E-state index contributed by atoms with van der Waals surface area (Å²) in [5, 5.41) is 2.79. The number of methoxy groups -OCH3 is 1. The summed E-state index contributed by atoms with van der Waals surface area (Å²) in [6, 6.07) is 12.8. The number of sulfonamides is 1. The first-order valence-electron chi connectivity index (χ1n) is 9.80. The summed E-state index contributed by atoms with van der Waals surface area (Å²) < 4.78 is 36.6. The Bertz CT molecular complexity index is 960. The number of nitrogens with one attached hydrogen (secondary N) is 1. The van der Waals surface area contributed by atoms with E-state index >= 15 is 0 Å². The average Bonchev–Trinajstić information content (AvgIpc) is 2.70. The predicted molar refractivity (Wildman–Crippen MR) is 119 cm³/mol. The summed E-state index contributed by atoms with van der Waals surface area (Å²) in [5.41, 5.74) is 2.60. The highest BCUT2D eigenvalue weighted by molar-refractivity contribution is 7.92. The van der Waals surface area contributed by atoms with Crippen LogP contribution < -0.4 is 19.1 Å². The van der Waals surface area contributed by atoms with Gasteiger partial charge in [-0.25, -0.2) is 8.42 Å². The Morgan fingerprint density at radius 1 is 1.10 bits per heavy atom. The van der Waals surface area contributed by atoms with Gasteiger partial charge in [0, 0.05) is 19.0 Å². The molecule has 1 amide bonds. The van der Waals surface area contributed by atoms with Gasteiger partial charge in [0.2, 0.25) is 15.9 Å². The van der Waals surface area contributed by atoms with Crippen molar-refractivity contribution in [1.29, 1.82) is 0 Å². The van der Waals surface area contributed by atoms with E-state index in [0.29, 0.717) is 36.8 Å². The molecule has 0 spiro atoms. The molecule has 0 fully saturated rings. The Kier molecular flexibility index (Phi) is 8.53. The normalized spacial score (nSPS) is 11.1. The monoisotopic (exact) mass is 434 g/mol. The van der Waals surface area contributed by atoms with Gasteiger partial charge in [0.05, 0.1) is 25.6 Å². The molecule has 0 saturated carbocycles. The van der Waals surface area contributed by atoms with Crippen LogP contribution in [0.15, 0.2) is 42.5 Å². The zero-order valence-corrected chi connectivity index (χ0v) is 18.8. The van der Waals surface area contributed by atoms with Gasteiger partial charge in [-0.1, -0.05) is 18.2 Å². The van der Waals surface area contributed by atoms with Gasteiger partial charge < -0.3 is 14.8 Å². The fraction of sp³-hybridized carbons (Fsp3) is 0.409. The van der Waals surface area contributed by atoms with Gasteiger partial charge in [0.1, 0.15) is 18.1 Å². The second-order valence-electron chi connectivity index (χ2n) is 7.04. The first-order valence-corrected chi connectivity index (χ1v) is 11.6. The second-order valence-corrected chi connectivity index (χ2v) is 8.94. The van der Waals surface area contributed by atoms with Crippen LogP contribution in [0.25, 0.3) is 0 Å². The molecular weight excluding hydrogens is 404 g/mol. The lowest BCUT2D eigenvalue weighted by molar-refractivity contribution is -0.121. The van der Waals surface area contributed by atoms with Crippen molar-refractivity contribution in [1.82, 2.24) is 5.32 Å². The maximum Gasteiger partial charge on any atom is 0.232 e. The van der Waals surface area contributed by atoms with E-state index < -0.39 is 10.0 Å². The minimum Gasteiger partial charge on any atom is -0.497 e. The molecule has 1 N–H and O–H groups in total. The Labute approximate surface area is 179 Å². The van der Waals surface area contributed by atoms with Crippen LogP contribution in [0.2, 0.25) is 0 Å². The van der Waals surface area contributed by atoms with E-state index in [1.807, 2.05) is 44.2 Å². The van der Waals surface area contributed by atoms with Crippen molar-refractivity contribution in [3.8, 4) is 11.5 Å². The number of hydrogen-bond acceptors (Lipinski definition) is 5. The van der Waals surface area contributed by atoms with Crippen LogP contribution in [0.4, 0.5) is 5.69 Å². The van der Waals surface area contributed by atoms with Crippen LogP contribution in [-0.2, 0) is 14.8 Å². The van der Waals surface area contributed by atoms with Crippen LogP contribution in [0.1, 0.15) is 24.0 Å². The summed E-state index contributed by atoms with van der Waals surface area (Å²) in [6.45, 7) is 4.79. The topological polar surface area (TPSA) is 84.9 Å². The molecular formula is C22H30N2O5S. The van der Waals surface area contributed by atoms with Crippen LogP contribution in [0, 0.1) is 13.8 Å². The van der Waals surface area contributed by atoms with Crippen molar-refractivity contribution in [3.05, 3.63) is 53.6 Å². The third-order valence-corrected chi connectivity index (χ3v) is 5.92. The lowest BCUT2D eigenvalue weighted by atomic mass is 10.1. The maximum atomic E-state index is 12.3. The average molecular weight is 435 g/mol. The van der Waals surface area contributed by atoms with Gasteiger partial charge in [-0.05, 0) is 49.6 Å². The van der Waals surface area contributed by atoms with Crippen molar-refractivity contribution < 1.29 is 22.7 Å². The van der Waals surface area contributed by atoms with Crippen LogP contribution in [0.5, 0.6) is 11.5 Å². The lowest BCUT2D eigenvalue weighted by Gasteiger charge is -2.24. The van der Waals surface area contributed by atoms with Crippen LogP contribution >= 0.6 is 0 Å². The Balaban J connectivity index is 1.79. The van der Waals surface area contributed by atoms with Crippen molar-refractivity contribution >= 4 is 21.6 Å². The highest BCUT2D eigenvalue weighted by Crippen LogP contribution is 2.25. The molecule has 0 radical (unpaired) electrons. The highest BCUT2D eigenvalue weighted by atomic mass is 32.2. The van der Waals surface area contributed by atoms with Crippen LogP contribution in [-0.4, -0.2) is 47.4 Å². The van der Waals surface area contributed by atoms with Crippen molar-refractivity contribution in [2.45, 2.75) is 26.7 Å².